The number of hydrogen-bond acceptors (Lipinski definition) is 3. The van der Waals surface area contributed by atoms with Crippen molar-refractivity contribution in [2.24, 2.45) is 5.92 Å². The lowest BCUT2D eigenvalue weighted by Crippen LogP contribution is -2.41. The fourth-order valence-corrected chi connectivity index (χ4v) is 1.39. The molecule has 0 spiro atoms. The fourth-order valence-electron chi connectivity index (χ4n) is 1.39. The van der Waals surface area contributed by atoms with Crippen molar-refractivity contribution >= 4 is 11.9 Å². The minimum atomic E-state index is -0.885. The summed E-state index contributed by atoms with van der Waals surface area (Å²) in [6.45, 7) is 8.44. The summed E-state index contributed by atoms with van der Waals surface area (Å²) in [5.74, 6) is -0.865. The quantitative estimate of drug-likeness (QED) is 0.595. The van der Waals surface area contributed by atoms with Gasteiger partial charge in [-0.2, -0.15) is 0 Å². The van der Waals surface area contributed by atoms with E-state index >= 15 is 0 Å². The number of hydrogen-bond donors (Lipinski definition) is 3. The van der Waals surface area contributed by atoms with Crippen molar-refractivity contribution in [3.63, 3.8) is 0 Å². The van der Waals surface area contributed by atoms with Crippen molar-refractivity contribution in [3.05, 3.63) is 0 Å². The number of aliphatic carboxylic acids is 1. The van der Waals surface area contributed by atoms with Crippen molar-refractivity contribution in [3.8, 4) is 0 Å². The van der Waals surface area contributed by atoms with Crippen LogP contribution < -0.4 is 10.6 Å². The van der Waals surface area contributed by atoms with Gasteiger partial charge in [-0.05, 0) is 5.92 Å². The Morgan fingerprint density at radius 2 is 1.76 bits per heavy atom. The van der Waals surface area contributed by atoms with E-state index in [1.54, 1.807) is 0 Å². The zero-order valence-corrected chi connectivity index (χ0v) is 11.1. The molecule has 0 aliphatic rings. The minimum absolute atomic E-state index is 0.0268. The largest absolute Gasteiger partial charge is 0.481 e. The van der Waals surface area contributed by atoms with Crippen LogP contribution in [0.3, 0.4) is 0 Å². The first-order valence-corrected chi connectivity index (χ1v) is 6.07. The Morgan fingerprint density at radius 3 is 2.18 bits per heavy atom. The molecule has 0 radical (unpaired) electrons. The molecule has 3 N–H and O–H groups in total. The molecule has 0 saturated carbocycles. The zero-order chi connectivity index (χ0) is 13.4. The van der Waals surface area contributed by atoms with Crippen LogP contribution in [0.2, 0.25) is 0 Å². The van der Waals surface area contributed by atoms with Crippen LogP contribution >= 0.6 is 0 Å². The molecule has 100 valence electrons. The maximum absolute atomic E-state index is 11.6. The standard InChI is InChI=1S/C12H24N2O3/c1-8(2)10(7-12(16)17)14-11(15)5-6-13-9(3)4/h8-10,13H,5-7H2,1-4H3,(H,14,15)(H,16,17). The smallest absolute Gasteiger partial charge is 0.305 e. The van der Waals surface area contributed by atoms with E-state index in [9.17, 15) is 9.59 Å². The van der Waals surface area contributed by atoms with E-state index in [4.69, 9.17) is 5.11 Å². The van der Waals surface area contributed by atoms with Crippen molar-refractivity contribution < 1.29 is 14.7 Å². The van der Waals surface area contributed by atoms with Gasteiger partial charge in [0.2, 0.25) is 5.91 Å². The first kappa shape index (κ1) is 15.9. The predicted molar refractivity (Wildman–Crippen MR) is 66.8 cm³/mol. The molecule has 0 aromatic rings. The number of amides is 1. The molecule has 17 heavy (non-hydrogen) atoms. The second kappa shape index (κ2) is 8.06. The third-order valence-corrected chi connectivity index (χ3v) is 2.45. The fraction of sp³-hybridized carbons (Fsp3) is 0.833. The Hall–Kier alpha value is -1.10. The van der Waals surface area contributed by atoms with E-state index in [1.165, 1.54) is 0 Å². The molecule has 1 unspecified atom stereocenters. The van der Waals surface area contributed by atoms with Crippen LogP contribution in [0.1, 0.15) is 40.5 Å². The molecular formula is C12H24N2O3. The summed E-state index contributed by atoms with van der Waals surface area (Å²) in [7, 11) is 0. The Labute approximate surface area is 103 Å². The monoisotopic (exact) mass is 244 g/mol. The van der Waals surface area contributed by atoms with Gasteiger partial charge in [0, 0.05) is 25.0 Å². The predicted octanol–water partition coefficient (Wildman–Crippen LogP) is 0.990. The van der Waals surface area contributed by atoms with Gasteiger partial charge in [0.1, 0.15) is 0 Å². The van der Waals surface area contributed by atoms with Crippen LogP contribution in [0.25, 0.3) is 0 Å². The van der Waals surface area contributed by atoms with Crippen LogP contribution in [0.15, 0.2) is 0 Å². The number of carbonyl (C=O) groups is 2. The summed E-state index contributed by atoms with van der Waals surface area (Å²) >= 11 is 0. The first-order valence-electron chi connectivity index (χ1n) is 6.07. The maximum atomic E-state index is 11.6. The zero-order valence-electron chi connectivity index (χ0n) is 11.1. The lowest BCUT2D eigenvalue weighted by molar-refractivity contribution is -0.138. The van der Waals surface area contributed by atoms with Gasteiger partial charge in [-0.1, -0.05) is 27.7 Å². The lowest BCUT2D eigenvalue weighted by atomic mass is 10.0. The van der Waals surface area contributed by atoms with E-state index in [1.807, 2.05) is 27.7 Å². The summed E-state index contributed by atoms with van der Waals surface area (Å²) in [5, 5.41) is 14.6. The molecule has 0 aromatic carbocycles. The van der Waals surface area contributed by atoms with Gasteiger partial charge in [0.05, 0.1) is 6.42 Å². The normalized spacial score (nSPS) is 12.8. The highest BCUT2D eigenvalue weighted by molar-refractivity contribution is 5.77. The first-order chi connectivity index (χ1) is 7.82. The van der Waals surface area contributed by atoms with Crippen molar-refractivity contribution in [1.82, 2.24) is 10.6 Å². The van der Waals surface area contributed by atoms with Gasteiger partial charge in [-0.3, -0.25) is 9.59 Å². The number of carboxylic acid groups (broad SMARTS) is 1. The van der Waals surface area contributed by atoms with E-state index in [0.717, 1.165) is 0 Å². The van der Waals surface area contributed by atoms with Crippen LogP contribution in [0.4, 0.5) is 0 Å². The molecule has 0 saturated heterocycles. The second-order valence-corrected chi connectivity index (χ2v) is 4.87. The number of carbonyl (C=O) groups excluding carboxylic acids is 1. The molecule has 0 heterocycles. The summed E-state index contributed by atoms with van der Waals surface area (Å²) in [5.41, 5.74) is 0. The maximum Gasteiger partial charge on any atom is 0.305 e. The van der Waals surface area contributed by atoms with Gasteiger partial charge >= 0.3 is 5.97 Å². The number of carboxylic acids is 1. The highest BCUT2D eigenvalue weighted by Crippen LogP contribution is 2.06. The molecular weight excluding hydrogens is 220 g/mol. The molecule has 5 heteroatoms. The number of nitrogens with one attached hydrogen (secondary N) is 2. The van der Waals surface area contributed by atoms with Crippen molar-refractivity contribution in [2.45, 2.75) is 52.6 Å². The van der Waals surface area contributed by atoms with Crippen molar-refractivity contribution in [2.75, 3.05) is 6.54 Å². The summed E-state index contributed by atoms with van der Waals surface area (Å²) in [4.78, 5) is 22.2. The van der Waals surface area contributed by atoms with E-state index < -0.39 is 5.97 Å². The molecule has 0 aromatic heterocycles. The topological polar surface area (TPSA) is 78.4 Å². The lowest BCUT2D eigenvalue weighted by Gasteiger charge is -2.20. The van der Waals surface area contributed by atoms with Gasteiger partial charge in [-0.15, -0.1) is 0 Å². The van der Waals surface area contributed by atoms with Gasteiger partial charge in [0.15, 0.2) is 0 Å². The Balaban J connectivity index is 4.00. The van der Waals surface area contributed by atoms with E-state index in [2.05, 4.69) is 10.6 Å². The highest BCUT2D eigenvalue weighted by atomic mass is 16.4. The summed E-state index contributed by atoms with van der Waals surface area (Å²) in [6.07, 6.45) is 0.349. The molecule has 0 bridgehead atoms. The Bertz CT molecular complexity index is 252. The Morgan fingerprint density at radius 1 is 1.18 bits per heavy atom. The molecule has 0 fully saturated rings. The molecule has 5 nitrogen and oxygen atoms in total. The van der Waals surface area contributed by atoms with Crippen molar-refractivity contribution in [1.29, 1.82) is 0 Å². The van der Waals surface area contributed by atoms with Crippen LogP contribution in [-0.2, 0) is 9.59 Å². The molecule has 0 aliphatic carbocycles. The van der Waals surface area contributed by atoms with E-state index in [0.29, 0.717) is 19.0 Å². The van der Waals surface area contributed by atoms with E-state index in [-0.39, 0.29) is 24.3 Å². The SMILES string of the molecule is CC(C)NCCC(=O)NC(CC(=O)O)C(C)C. The van der Waals surface area contributed by atoms with Crippen LogP contribution in [0.5, 0.6) is 0 Å². The average molecular weight is 244 g/mol. The van der Waals surface area contributed by atoms with Gasteiger partial charge in [0.25, 0.3) is 0 Å². The highest BCUT2D eigenvalue weighted by Gasteiger charge is 2.18. The average Bonchev–Trinajstić information content (AvgIpc) is 2.15. The second-order valence-electron chi connectivity index (χ2n) is 4.87. The van der Waals surface area contributed by atoms with Crippen LogP contribution in [-0.4, -0.2) is 35.6 Å². The minimum Gasteiger partial charge on any atom is -0.481 e. The molecule has 0 rings (SSSR count). The molecule has 1 amide bonds. The third-order valence-electron chi connectivity index (χ3n) is 2.45. The molecule has 1 atom stereocenters. The number of rotatable bonds is 8. The van der Waals surface area contributed by atoms with Crippen LogP contribution in [0, 0.1) is 5.92 Å². The summed E-state index contributed by atoms with van der Waals surface area (Å²) in [6, 6.07) is 0.0572. The van der Waals surface area contributed by atoms with Gasteiger partial charge < -0.3 is 15.7 Å². The van der Waals surface area contributed by atoms with Gasteiger partial charge in [-0.25, -0.2) is 0 Å². The third kappa shape index (κ3) is 8.68. The molecule has 0 aliphatic heterocycles. The summed E-state index contributed by atoms with van der Waals surface area (Å²) < 4.78 is 0. The Kier molecular flexibility index (Phi) is 7.54.